The summed E-state index contributed by atoms with van der Waals surface area (Å²) in [6, 6.07) is 0. The molecule has 0 bridgehead atoms. The van der Waals surface area contributed by atoms with E-state index in [9.17, 15) is 0 Å². The Bertz CT molecular complexity index is 241. The molecule has 0 N–H and O–H groups in total. The molecule has 0 amide bonds. The SMILES string of the molecule is C=CC1=C(/C=C\C)CC(C(C)C)C1. The van der Waals surface area contributed by atoms with Crippen LogP contribution >= 0.6 is 0 Å². The van der Waals surface area contributed by atoms with Gasteiger partial charge in [0.05, 0.1) is 0 Å². The lowest BCUT2D eigenvalue weighted by molar-refractivity contribution is 0.404. The molecule has 72 valence electrons. The summed E-state index contributed by atoms with van der Waals surface area (Å²) >= 11 is 0. The van der Waals surface area contributed by atoms with Crippen molar-refractivity contribution in [2.24, 2.45) is 11.8 Å². The van der Waals surface area contributed by atoms with Crippen LogP contribution in [0.25, 0.3) is 0 Å². The summed E-state index contributed by atoms with van der Waals surface area (Å²) in [7, 11) is 0. The van der Waals surface area contributed by atoms with E-state index < -0.39 is 0 Å². The van der Waals surface area contributed by atoms with Crippen LogP contribution in [0, 0.1) is 11.8 Å². The van der Waals surface area contributed by atoms with Crippen LogP contribution in [0.15, 0.2) is 36.0 Å². The summed E-state index contributed by atoms with van der Waals surface area (Å²) in [5, 5.41) is 0. The van der Waals surface area contributed by atoms with Crippen molar-refractivity contribution in [1.29, 1.82) is 0 Å². The smallest absolute Gasteiger partial charge is 0.0242 e. The van der Waals surface area contributed by atoms with Gasteiger partial charge in [-0.05, 0) is 42.7 Å². The number of rotatable bonds is 3. The van der Waals surface area contributed by atoms with Crippen molar-refractivity contribution in [2.45, 2.75) is 33.6 Å². The zero-order chi connectivity index (χ0) is 9.84. The molecule has 0 heteroatoms. The molecule has 13 heavy (non-hydrogen) atoms. The second-order valence-electron chi connectivity index (χ2n) is 4.17. The molecule has 0 aliphatic heterocycles. The van der Waals surface area contributed by atoms with E-state index in [0.717, 1.165) is 11.8 Å². The number of hydrogen-bond acceptors (Lipinski definition) is 0. The Morgan fingerprint density at radius 2 is 1.92 bits per heavy atom. The second-order valence-corrected chi connectivity index (χ2v) is 4.17. The van der Waals surface area contributed by atoms with Gasteiger partial charge in [-0.1, -0.05) is 38.7 Å². The highest BCUT2D eigenvalue weighted by atomic mass is 14.3. The molecule has 0 spiro atoms. The van der Waals surface area contributed by atoms with Crippen LogP contribution in [-0.4, -0.2) is 0 Å². The van der Waals surface area contributed by atoms with Crippen LogP contribution in [0.4, 0.5) is 0 Å². The molecular weight excluding hydrogens is 156 g/mol. The van der Waals surface area contributed by atoms with E-state index in [0.29, 0.717) is 0 Å². The molecule has 0 saturated heterocycles. The molecule has 0 aromatic carbocycles. The average molecular weight is 176 g/mol. The van der Waals surface area contributed by atoms with Gasteiger partial charge in [0.25, 0.3) is 0 Å². The van der Waals surface area contributed by atoms with Crippen molar-refractivity contribution in [1.82, 2.24) is 0 Å². The lowest BCUT2D eigenvalue weighted by Gasteiger charge is -2.13. The van der Waals surface area contributed by atoms with Crippen LogP contribution in [0.2, 0.25) is 0 Å². The molecule has 1 atom stereocenters. The van der Waals surface area contributed by atoms with Crippen LogP contribution in [0.5, 0.6) is 0 Å². The summed E-state index contributed by atoms with van der Waals surface area (Å²) in [4.78, 5) is 0. The average Bonchev–Trinajstić information content (AvgIpc) is 2.48. The first kappa shape index (κ1) is 10.3. The molecule has 1 aliphatic rings. The van der Waals surface area contributed by atoms with E-state index >= 15 is 0 Å². The molecule has 1 aliphatic carbocycles. The lowest BCUT2D eigenvalue weighted by atomic mass is 9.92. The lowest BCUT2D eigenvalue weighted by Crippen LogP contribution is -2.03. The van der Waals surface area contributed by atoms with E-state index in [2.05, 4.69) is 39.5 Å². The van der Waals surface area contributed by atoms with E-state index in [1.54, 1.807) is 0 Å². The molecular formula is C13H20. The van der Waals surface area contributed by atoms with Crippen molar-refractivity contribution in [3.63, 3.8) is 0 Å². The first-order valence-electron chi connectivity index (χ1n) is 5.16. The largest absolute Gasteiger partial charge is 0.0988 e. The molecule has 0 aromatic rings. The number of allylic oxidation sites excluding steroid dienone is 5. The molecule has 0 nitrogen and oxygen atoms in total. The van der Waals surface area contributed by atoms with E-state index in [1.165, 1.54) is 24.0 Å². The maximum absolute atomic E-state index is 3.88. The van der Waals surface area contributed by atoms with E-state index in [1.807, 2.05) is 6.08 Å². The number of hydrogen-bond donors (Lipinski definition) is 0. The van der Waals surface area contributed by atoms with Gasteiger partial charge < -0.3 is 0 Å². The molecule has 0 heterocycles. The minimum Gasteiger partial charge on any atom is -0.0988 e. The Morgan fingerprint density at radius 1 is 1.31 bits per heavy atom. The van der Waals surface area contributed by atoms with Crippen molar-refractivity contribution in [3.8, 4) is 0 Å². The van der Waals surface area contributed by atoms with Crippen molar-refractivity contribution in [3.05, 3.63) is 36.0 Å². The zero-order valence-corrected chi connectivity index (χ0v) is 9.01. The molecule has 1 unspecified atom stereocenters. The standard InChI is InChI=1S/C13H20/c1-5-7-12-9-13(10(3)4)8-11(12)6-2/h5-7,10,13H,2,8-9H2,1,3-4H3/b7-5-. The maximum atomic E-state index is 3.88. The van der Waals surface area contributed by atoms with Crippen LogP contribution in [0.3, 0.4) is 0 Å². The Labute approximate surface area is 82.0 Å². The minimum atomic E-state index is 0.790. The van der Waals surface area contributed by atoms with Crippen LogP contribution < -0.4 is 0 Å². The topological polar surface area (TPSA) is 0 Å². The zero-order valence-electron chi connectivity index (χ0n) is 9.01. The van der Waals surface area contributed by atoms with Crippen molar-refractivity contribution >= 4 is 0 Å². The van der Waals surface area contributed by atoms with Gasteiger partial charge in [-0.3, -0.25) is 0 Å². The van der Waals surface area contributed by atoms with Crippen molar-refractivity contribution in [2.75, 3.05) is 0 Å². The summed E-state index contributed by atoms with van der Waals surface area (Å²) in [6.45, 7) is 10.6. The second kappa shape index (κ2) is 4.45. The minimum absolute atomic E-state index is 0.790. The fourth-order valence-electron chi connectivity index (χ4n) is 1.96. The fraction of sp³-hybridized carbons (Fsp3) is 0.538. The maximum Gasteiger partial charge on any atom is -0.0242 e. The third kappa shape index (κ3) is 2.33. The quantitative estimate of drug-likeness (QED) is 0.607. The van der Waals surface area contributed by atoms with Gasteiger partial charge in [0.1, 0.15) is 0 Å². The molecule has 0 saturated carbocycles. The van der Waals surface area contributed by atoms with Crippen LogP contribution in [-0.2, 0) is 0 Å². The third-order valence-electron chi connectivity index (χ3n) is 2.93. The Morgan fingerprint density at radius 3 is 2.38 bits per heavy atom. The van der Waals surface area contributed by atoms with Gasteiger partial charge >= 0.3 is 0 Å². The highest BCUT2D eigenvalue weighted by Crippen LogP contribution is 2.36. The van der Waals surface area contributed by atoms with Gasteiger partial charge in [0.2, 0.25) is 0 Å². The Balaban J connectivity index is 2.74. The Kier molecular flexibility index (Phi) is 3.53. The van der Waals surface area contributed by atoms with Gasteiger partial charge in [0, 0.05) is 0 Å². The Hall–Kier alpha value is -0.780. The summed E-state index contributed by atoms with van der Waals surface area (Å²) < 4.78 is 0. The monoisotopic (exact) mass is 176 g/mol. The highest BCUT2D eigenvalue weighted by molar-refractivity contribution is 5.36. The van der Waals surface area contributed by atoms with Crippen molar-refractivity contribution < 1.29 is 0 Å². The van der Waals surface area contributed by atoms with Gasteiger partial charge in [0.15, 0.2) is 0 Å². The van der Waals surface area contributed by atoms with Gasteiger partial charge in [-0.15, -0.1) is 0 Å². The van der Waals surface area contributed by atoms with E-state index in [4.69, 9.17) is 0 Å². The van der Waals surface area contributed by atoms with Crippen LogP contribution in [0.1, 0.15) is 33.6 Å². The molecule has 0 radical (unpaired) electrons. The molecule has 0 fully saturated rings. The van der Waals surface area contributed by atoms with Gasteiger partial charge in [-0.25, -0.2) is 0 Å². The predicted molar refractivity (Wildman–Crippen MR) is 59.6 cm³/mol. The third-order valence-corrected chi connectivity index (χ3v) is 2.93. The normalized spacial score (nSPS) is 23.5. The van der Waals surface area contributed by atoms with Gasteiger partial charge in [-0.2, -0.15) is 0 Å². The first-order valence-corrected chi connectivity index (χ1v) is 5.16. The summed E-state index contributed by atoms with van der Waals surface area (Å²) in [5.74, 6) is 1.62. The molecule has 1 rings (SSSR count). The molecule has 0 aromatic heterocycles. The summed E-state index contributed by atoms with van der Waals surface area (Å²) in [6.07, 6.45) is 8.85. The summed E-state index contributed by atoms with van der Waals surface area (Å²) in [5.41, 5.74) is 2.95. The fourth-order valence-corrected chi connectivity index (χ4v) is 1.96. The first-order chi connectivity index (χ1) is 6.19. The van der Waals surface area contributed by atoms with E-state index in [-0.39, 0.29) is 0 Å². The highest BCUT2D eigenvalue weighted by Gasteiger charge is 2.23. The predicted octanol–water partition coefficient (Wildman–Crippen LogP) is 4.11.